The molecule has 1 N–H and O–H groups in total. The Bertz CT molecular complexity index is 909. The van der Waals surface area contributed by atoms with Crippen molar-refractivity contribution < 1.29 is 14.1 Å². The van der Waals surface area contributed by atoms with Crippen molar-refractivity contribution in [1.82, 2.24) is 10.5 Å². The number of ether oxygens (including phenoxy) is 1. The third kappa shape index (κ3) is 4.11. The third-order valence-electron chi connectivity index (χ3n) is 3.72. The van der Waals surface area contributed by atoms with Gasteiger partial charge in [-0.15, -0.1) is 0 Å². The molecule has 0 bridgehead atoms. The second kappa shape index (κ2) is 7.04. The molecule has 0 aliphatic heterocycles. The van der Waals surface area contributed by atoms with Crippen molar-refractivity contribution >= 4 is 6.09 Å². The Labute approximate surface area is 153 Å². The quantitative estimate of drug-likeness (QED) is 0.705. The van der Waals surface area contributed by atoms with E-state index in [4.69, 9.17) is 9.26 Å². The number of carbonyl (C=O) groups excluding carboxylic acids is 1. The number of nitrogens with zero attached hydrogens (tertiary/aromatic N) is 1. The van der Waals surface area contributed by atoms with Gasteiger partial charge in [-0.25, -0.2) is 4.79 Å². The minimum atomic E-state index is -0.486. The first kappa shape index (κ1) is 17.7. The number of aryl methyl sites for hydroxylation is 1. The molecule has 2 aromatic carbocycles. The molecule has 3 aromatic rings. The van der Waals surface area contributed by atoms with Gasteiger partial charge in [0, 0.05) is 11.1 Å². The predicted octanol–water partition coefficient (Wildman–Crippen LogP) is 5.20. The van der Waals surface area contributed by atoms with Crippen molar-refractivity contribution in [2.45, 2.75) is 33.2 Å². The van der Waals surface area contributed by atoms with Gasteiger partial charge in [0.1, 0.15) is 17.2 Å². The van der Waals surface area contributed by atoms with Gasteiger partial charge < -0.3 is 14.6 Å². The number of carbonyl (C=O) groups is 1. The topological polar surface area (TPSA) is 64.4 Å². The normalized spacial score (nSPS) is 11.2. The Balaban J connectivity index is 1.92. The van der Waals surface area contributed by atoms with E-state index >= 15 is 0 Å². The Morgan fingerprint density at radius 3 is 2.42 bits per heavy atom. The van der Waals surface area contributed by atoms with Crippen LogP contribution in [0.5, 0.6) is 5.75 Å². The molecule has 0 atom stereocenters. The van der Waals surface area contributed by atoms with Gasteiger partial charge in [-0.2, -0.15) is 0 Å². The fourth-order valence-corrected chi connectivity index (χ4v) is 2.66. The van der Waals surface area contributed by atoms with Crippen LogP contribution in [0.4, 0.5) is 4.79 Å². The highest BCUT2D eigenvalue weighted by Crippen LogP contribution is 2.35. The first-order valence-corrected chi connectivity index (χ1v) is 8.45. The zero-order chi connectivity index (χ0) is 18.7. The van der Waals surface area contributed by atoms with Gasteiger partial charge in [-0.05, 0) is 45.4 Å². The summed E-state index contributed by atoms with van der Waals surface area (Å²) in [7, 11) is 0. The van der Waals surface area contributed by atoms with E-state index in [0.717, 1.165) is 22.4 Å². The molecule has 0 spiro atoms. The van der Waals surface area contributed by atoms with Gasteiger partial charge in [0.2, 0.25) is 0 Å². The largest absolute Gasteiger partial charge is 0.413 e. The van der Waals surface area contributed by atoms with E-state index in [2.05, 4.69) is 10.5 Å². The Kier molecular flexibility index (Phi) is 4.80. The van der Waals surface area contributed by atoms with Crippen molar-refractivity contribution in [3.8, 4) is 28.1 Å². The van der Waals surface area contributed by atoms with Crippen LogP contribution in [0.2, 0.25) is 0 Å². The fraction of sp³-hybridized carbons (Fsp3) is 0.238. The molecule has 0 radical (unpaired) electrons. The van der Waals surface area contributed by atoms with Crippen LogP contribution in [0.1, 0.15) is 26.5 Å². The molecule has 1 heterocycles. The lowest BCUT2D eigenvalue weighted by Gasteiger charge is -2.19. The standard InChI is InChI=1S/C21H22N2O3/c1-14-18(19(23-26-14)15-9-6-5-7-10-15)16-11-8-12-17(13-16)25-20(24)22-21(2,3)4/h5-13H,1-4H3,(H,22,24). The van der Waals surface area contributed by atoms with Gasteiger partial charge in [0.15, 0.2) is 0 Å². The summed E-state index contributed by atoms with van der Waals surface area (Å²) < 4.78 is 10.8. The number of nitrogens with one attached hydrogen (secondary N) is 1. The van der Waals surface area contributed by atoms with E-state index in [-0.39, 0.29) is 5.54 Å². The average Bonchev–Trinajstić information content (AvgIpc) is 2.96. The summed E-state index contributed by atoms with van der Waals surface area (Å²) in [6.45, 7) is 7.57. The molecule has 3 rings (SSSR count). The van der Waals surface area contributed by atoms with Gasteiger partial charge >= 0.3 is 6.09 Å². The van der Waals surface area contributed by atoms with Crippen LogP contribution in [0, 0.1) is 6.92 Å². The Hall–Kier alpha value is -3.08. The van der Waals surface area contributed by atoms with E-state index in [1.54, 1.807) is 6.07 Å². The summed E-state index contributed by atoms with van der Waals surface area (Å²) in [6.07, 6.45) is -0.486. The van der Waals surface area contributed by atoms with Gasteiger partial charge in [0.25, 0.3) is 0 Å². The molecular weight excluding hydrogens is 328 g/mol. The first-order chi connectivity index (χ1) is 12.3. The monoisotopic (exact) mass is 350 g/mol. The van der Waals surface area contributed by atoms with Crippen molar-refractivity contribution in [2.75, 3.05) is 0 Å². The number of rotatable bonds is 3. The zero-order valence-corrected chi connectivity index (χ0v) is 15.4. The average molecular weight is 350 g/mol. The molecular formula is C21H22N2O3. The molecule has 0 aliphatic carbocycles. The molecule has 0 unspecified atom stereocenters. The van der Waals surface area contributed by atoms with Crippen LogP contribution in [0.3, 0.4) is 0 Å². The third-order valence-corrected chi connectivity index (χ3v) is 3.72. The maximum Gasteiger partial charge on any atom is 0.413 e. The predicted molar refractivity (Wildman–Crippen MR) is 101 cm³/mol. The maximum absolute atomic E-state index is 12.0. The van der Waals surface area contributed by atoms with Crippen LogP contribution in [-0.4, -0.2) is 16.8 Å². The highest BCUT2D eigenvalue weighted by atomic mass is 16.6. The van der Waals surface area contributed by atoms with Gasteiger partial charge in [-0.3, -0.25) is 0 Å². The van der Waals surface area contributed by atoms with Crippen molar-refractivity contribution in [3.05, 3.63) is 60.4 Å². The second-order valence-corrected chi connectivity index (χ2v) is 7.12. The van der Waals surface area contributed by atoms with E-state index in [1.807, 2.05) is 76.2 Å². The van der Waals surface area contributed by atoms with E-state index in [0.29, 0.717) is 11.5 Å². The number of hydrogen-bond acceptors (Lipinski definition) is 4. The molecule has 0 saturated carbocycles. The number of benzene rings is 2. The second-order valence-electron chi connectivity index (χ2n) is 7.12. The number of hydrogen-bond donors (Lipinski definition) is 1. The lowest BCUT2D eigenvalue weighted by molar-refractivity contribution is 0.190. The Morgan fingerprint density at radius 2 is 1.73 bits per heavy atom. The lowest BCUT2D eigenvalue weighted by Crippen LogP contribution is -2.42. The molecule has 26 heavy (non-hydrogen) atoms. The minimum Gasteiger partial charge on any atom is -0.410 e. The SMILES string of the molecule is Cc1onc(-c2ccccc2)c1-c1cccc(OC(=O)NC(C)(C)C)c1. The summed E-state index contributed by atoms with van der Waals surface area (Å²) in [5.41, 5.74) is 3.14. The number of amides is 1. The van der Waals surface area contributed by atoms with Gasteiger partial charge in [-0.1, -0.05) is 47.6 Å². The van der Waals surface area contributed by atoms with Crippen molar-refractivity contribution in [1.29, 1.82) is 0 Å². The molecule has 1 amide bonds. The van der Waals surface area contributed by atoms with Crippen LogP contribution in [0.25, 0.3) is 22.4 Å². The highest BCUT2D eigenvalue weighted by molar-refractivity contribution is 5.82. The van der Waals surface area contributed by atoms with Crippen LogP contribution < -0.4 is 10.1 Å². The minimum absolute atomic E-state index is 0.361. The Morgan fingerprint density at radius 1 is 1.04 bits per heavy atom. The molecule has 5 nitrogen and oxygen atoms in total. The smallest absolute Gasteiger partial charge is 0.410 e. The lowest BCUT2D eigenvalue weighted by atomic mass is 9.99. The fourth-order valence-electron chi connectivity index (χ4n) is 2.66. The summed E-state index contributed by atoms with van der Waals surface area (Å²) in [4.78, 5) is 12.0. The number of aromatic nitrogens is 1. The molecule has 0 aliphatic rings. The summed E-state index contributed by atoms with van der Waals surface area (Å²) in [5.74, 6) is 1.17. The molecule has 0 saturated heterocycles. The summed E-state index contributed by atoms with van der Waals surface area (Å²) in [6, 6.07) is 17.2. The van der Waals surface area contributed by atoms with E-state index in [9.17, 15) is 4.79 Å². The summed E-state index contributed by atoms with van der Waals surface area (Å²) >= 11 is 0. The first-order valence-electron chi connectivity index (χ1n) is 8.45. The zero-order valence-electron chi connectivity index (χ0n) is 15.4. The molecule has 5 heteroatoms. The van der Waals surface area contributed by atoms with Crippen molar-refractivity contribution in [2.24, 2.45) is 0 Å². The molecule has 134 valence electrons. The molecule has 0 fully saturated rings. The van der Waals surface area contributed by atoms with E-state index in [1.165, 1.54) is 0 Å². The molecule has 1 aromatic heterocycles. The van der Waals surface area contributed by atoms with Crippen LogP contribution in [-0.2, 0) is 0 Å². The maximum atomic E-state index is 12.0. The highest BCUT2D eigenvalue weighted by Gasteiger charge is 2.18. The summed E-state index contributed by atoms with van der Waals surface area (Å²) in [5, 5.41) is 6.98. The van der Waals surface area contributed by atoms with Crippen LogP contribution >= 0.6 is 0 Å². The van der Waals surface area contributed by atoms with Crippen LogP contribution in [0.15, 0.2) is 59.1 Å². The van der Waals surface area contributed by atoms with Crippen molar-refractivity contribution in [3.63, 3.8) is 0 Å². The van der Waals surface area contributed by atoms with E-state index < -0.39 is 6.09 Å². The van der Waals surface area contributed by atoms with Gasteiger partial charge in [0.05, 0.1) is 5.56 Å².